The number of halogens is 1. The van der Waals surface area contributed by atoms with Gasteiger partial charge in [0.15, 0.2) is 0 Å². The molecule has 1 aliphatic rings. The predicted molar refractivity (Wildman–Crippen MR) is 77.8 cm³/mol. The van der Waals surface area contributed by atoms with Gasteiger partial charge in [-0.1, -0.05) is 18.2 Å². The quantitative estimate of drug-likeness (QED) is 0.915. The van der Waals surface area contributed by atoms with Crippen molar-refractivity contribution in [1.29, 1.82) is 0 Å². The van der Waals surface area contributed by atoms with E-state index in [-0.39, 0.29) is 24.4 Å². The summed E-state index contributed by atoms with van der Waals surface area (Å²) < 4.78 is 5.54. The van der Waals surface area contributed by atoms with Gasteiger partial charge in [0.05, 0.1) is 13.0 Å². The minimum absolute atomic E-state index is 0. The lowest BCUT2D eigenvalue weighted by Gasteiger charge is -2.34. The first kappa shape index (κ1) is 15.8. The molecule has 5 heteroatoms. The van der Waals surface area contributed by atoms with E-state index in [4.69, 9.17) is 4.74 Å². The number of hydrogen-bond acceptors (Lipinski definition) is 3. The smallest absolute Gasteiger partial charge is 0.226 e. The highest BCUT2D eigenvalue weighted by molar-refractivity contribution is 5.85. The Hall–Kier alpha value is -1.26. The van der Waals surface area contributed by atoms with Gasteiger partial charge in [-0.05, 0) is 19.1 Å². The van der Waals surface area contributed by atoms with Crippen LogP contribution >= 0.6 is 12.4 Å². The molecule has 0 aromatic heterocycles. The third kappa shape index (κ3) is 4.73. The maximum absolute atomic E-state index is 12.0. The van der Waals surface area contributed by atoms with Crippen LogP contribution in [0.5, 0.6) is 5.75 Å². The number of hydrogen-bond donors (Lipinski definition) is 1. The zero-order chi connectivity index (χ0) is 12.8. The van der Waals surface area contributed by atoms with E-state index < -0.39 is 0 Å². The third-order valence-electron chi connectivity index (χ3n) is 3.15. The Morgan fingerprint density at radius 1 is 1.42 bits per heavy atom. The number of benzene rings is 1. The lowest BCUT2D eigenvalue weighted by atomic mass is 10.2. The zero-order valence-corrected chi connectivity index (χ0v) is 12.0. The van der Waals surface area contributed by atoms with Crippen molar-refractivity contribution in [2.45, 2.75) is 19.4 Å². The molecule has 0 aliphatic carbocycles. The highest BCUT2D eigenvalue weighted by Crippen LogP contribution is 2.10. The van der Waals surface area contributed by atoms with Crippen LogP contribution in [0.15, 0.2) is 30.3 Å². The molecular formula is C14H21ClN2O2. The molecule has 1 fully saturated rings. The van der Waals surface area contributed by atoms with Crippen LogP contribution in [0.3, 0.4) is 0 Å². The number of para-hydroxylation sites is 1. The van der Waals surface area contributed by atoms with Crippen molar-refractivity contribution in [1.82, 2.24) is 10.2 Å². The molecule has 1 unspecified atom stereocenters. The molecule has 0 saturated carbocycles. The maximum Gasteiger partial charge on any atom is 0.226 e. The summed E-state index contributed by atoms with van der Waals surface area (Å²) in [6.45, 7) is 5.08. The molecule has 1 aromatic rings. The van der Waals surface area contributed by atoms with Gasteiger partial charge >= 0.3 is 0 Å². The van der Waals surface area contributed by atoms with E-state index in [9.17, 15) is 4.79 Å². The number of nitrogens with zero attached hydrogens (tertiary/aromatic N) is 1. The lowest BCUT2D eigenvalue weighted by molar-refractivity contribution is -0.134. The number of carbonyl (C=O) groups excluding carboxylic acids is 1. The van der Waals surface area contributed by atoms with Crippen molar-refractivity contribution in [2.24, 2.45) is 0 Å². The van der Waals surface area contributed by atoms with Crippen molar-refractivity contribution in [3.63, 3.8) is 0 Å². The summed E-state index contributed by atoms with van der Waals surface area (Å²) in [7, 11) is 0. The molecule has 2 rings (SSSR count). The highest BCUT2D eigenvalue weighted by Gasteiger charge is 2.22. The molecule has 0 spiro atoms. The number of nitrogens with one attached hydrogen (secondary N) is 1. The van der Waals surface area contributed by atoms with Crippen LogP contribution in [0.2, 0.25) is 0 Å². The van der Waals surface area contributed by atoms with Crippen molar-refractivity contribution in [2.75, 3.05) is 26.2 Å². The SMILES string of the molecule is CC1CNCCN1C(=O)CCOc1ccccc1.Cl. The average Bonchev–Trinajstić information content (AvgIpc) is 2.40. The van der Waals surface area contributed by atoms with Crippen LogP contribution < -0.4 is 10.1 Å². The van der Waals surface area contributed by atoms with E-state index in [0.717, 1.165) is 25.4 Å². The molecule has 19 heavy (non-hydrogen) atoms. The first-order valence-corrected chi connectivity index (χ1v) is 6.45. The van der Waals surface area contributed by atoms with E-state index in [0.29, 0.717) is 13.0 Å². The van der Waals surface area contributed by atoms with Crippen molar-refractivity contribution >= 4 is 18.3 Å². The van der Waals surface area contributed by atoms with Crippen molar-refractivity contribution in [3.8, 4) is 5.75 Å². The molecule has 0 radical (unpaired) electrons. The number of amides is 1. The standard InChI is InChI=1S/C14H20N2O2.ClH/c1-12-11-15-8-9-16(12)14(17)7-10-18-13-5-3-2-4-6-13;/h2-6,12,15H,7-11H2,1H3;1H. The summed E-state index contributed by atoms with van der Waals surface area (Å²) in [6, 6.07) is 9.88. The molecule has 1 aliphatic heterocycles. The maximum atomic E-state index is 12.0. The van der Waals surface area contributed by atoms with Gasteiger partial charge in [0.2, 0.25) is 5.91 Å². The van der Waals surface area contributed by atoms with E-state index in [1.165, 1.54) is 0 Å². The van der Waals surface area contributed by atoms with Crippen LogP contribution in [0, 0.1) is 0 Å². The van der Waals surface area contributed by atoms with E-state index in [1.54, 1.807) is 0 Å². The Balaban J connectivity index is 0.00000180. The van der Waals surface area contributed by atoms with E-state index >= 15 is 0 Å². The summed E-state index contributed by atoms with van der Waals surface area (Å²) in [6.07, 6.45) is 0.444. The molecule has 1 saturated heterocycles. The molecule has 1 aromatic carbocycles. The molecule has 0 bridgehead atoms. The average molecular weight is 285 g/mol. The Labute approximate surface area is 120 Å². The van der Waals surface area contributed by atoms with E-state index in [1.807, 2.05) is 35.2 Å². The molecule has 1 atom stereocenters. The summed E-state index contributed by atoms with van der Waals surface area (Å²) in [5.41, 5.74) is 0. The fourth-order valence-corrected chi connectivity index (χ4v) is 2.13. The van der Waals surface area contributed by atoms with Crippen molar-refractivity contribution in [3.05, 3.63) is 30.3 Å². The fraction of sp³-hybridized carbons (Fsp3) is 0.500. The fourth-order valence-electron chi connectivity index (χ4n) is 2.13. The Morgan fingerprint density at radius 3 is 2.84 bits per heavy atom. The number of piperazine rings is 1. The van der Waals surface area contributed by atoms with Crippen LogP contribution in [-0.4, -0.2) is 43.1 Å². The molecule has 1 amide bonds. The first-order chi connectivity index (χ1) is 8.77. The third-order valence-corrected chi connectivity index (χ3v) is 3.15. The van der Waals surface area contributed by atoms with Crippen LogP contribution in [0.4, 0.5) is 0 Å². The number of carbonyl (C=O) groups is 1. The van der Waals surface area contributed by atoms with Gasteiger partial charge < -0.3 is 15.0 Å². The Kier molecular flexibility index (Phi) is 6.67. The minimum atomic E-state index is 0. The van der Waals surface area contributed by atoms with Gasteiger partial charge in [-0.3, -0.25) is 4.79 Å². The Bertz CT molecular complexity index is 386. The molecule has 1 N–H and O–H groups in total. The minimum Gasteiger partial charge on any atom is -0.493 e. The summed E-state index contributed by atoms with van der Waals surface area (Å²) in [4.78, 5) is 14.0. The summed E-state index contributed by atoms with van der Waals surface area (Å²) in [5.74, 6) is 0.999. The topological polar surface area (TPSA) is 41.6 Å². The van der Waals surface area contributed by atoms with E-state index in [2.05, 4.69) is 12.2 Å². The Morgan fingerprint density at radius 2 is 2.16 bits per heavy atom. The lowest BCUT2D eigenvalue weighted by Crippen LogP contribution is -2.52. The normalized spacial score (nSPS) is 18.6. The largest absolute Gasteiger partial charge is 0.493 e. The number of rotatable bonds is 4. The second-order valence-corrected chi connectivity index (χ2v) is 4.55. The highest BCUT2D eigenvalue weighted by atomic mass is 35.5. The van der Waals surface area contributed by atoms with Crippen LogP contribution in [-0.2, 0) is 4.79 Å². The van der Waals surface area contributed by atoms with Gasteiger partial charge in [-0.15, -0.1) is 12.4 Å². The summed E-state index contributed by atoms with van der Waals surface area (Å²) >= 11 is 0. The number of ether oxygens (including phenoxy) is 1. The molecular weight excluding hydrogens is 264 g/mol. The zero-order valence-electron chi connectivity index (χ0n) is 11.2. The second-order valence-electron chi connectivity index (χ2n) is 4.55. The van der Waals surface area contributed by atoms with Gasteiger partial charge in [0.25, 0.3) is 0 Å². The van der Waals surface area contributed by atoms with Crippen molar-refractivity contribution < 1.29 is 9.53 Å². The van der Waals surface area contributed by atoms with Gasteiger partial charge in [0.1, 0.15) is 5.75 Å². The van der Waals surface area contributed by atoms with Gasteiger partial charge in [-0.2, -0.15) is 0 Å². The predicted octanol–water partition coefficient (Wildman–Crippen LogP) is 1.70. The van der Waals surface area contributed by atoms with Gasteiger partial charge in [0, 0.05) is 25.7 Å². The van der Waals surface area contributed by atoms with Gasteiger partial charge in [-0.25, -0.2) is 0 Å². The van der Waals surface area contributed by atoms with Crippen LogP contribution in [0.25, 0.3) is 0 Å². The molecule has 4 nitrogen and oxygen atoms in total. The van der Waals surface area contributed by atoms with Crippen LogP contribution in [0.1, 0.15) is 13.3 Å². The first-order valence-electron chi connectivity index (χ1n) is 6.45. The second kappa shape index (κ2) is 8.02. The molecule has 106 valence electrons. The summed E-state index contributed by atoms with van der Waals surface area (Å²) in [5, 5.41) is 3.28. The molecule has 1 heterocycles. The monoisotopic (exact) mass is 284 g/mol.